The number of unbranched alkanes of at least 4 members (excludes halogenated alkanes) is 4. The van der Waals surface area contributed by atoms with Crippen LogP contribution in [0.4, 0.5) is 0 Å². The predicted molar refractivity (Wildman–Crippen MR) is 76.8 cm³/mol. The van der Waals surface area contributed by atoms with E-state index in [1.807, 2.05) is 6.08 Å². The van der Waals surface area contributed by atoms with Crippen LogP contribution < -0.4 is 0 Å². The maximum Gasteiger partial charge on any atom is 0.129 e. The average Bonchev–Trinajstić information content (AvgIpc) is 2.19. The molecule has 0 aliphatic rings. The van der Waals surface area contributed by atoms with Gasteiger partial charge in [-0.3, -0.25) is 0 Å². The lowest BCUT2D eigenvalue weighted by atomic mass is 10.2. The molecule has 0 bridgehead atoms. The zero-order chi connectivity index (χ0) is 12.3. The van der Waals surface area contributed by atoms with Crippen molar-refractivity contribution in [3.05, 3.63) is 12.7 Å². The molecule has 0 amide bonds. The maximum atomic E-state index is 3.67. The van der Waals surface area contributed by atoms with E-state index in [1.165, 1.54) is 12.8 Å². The highest BCUT2D eigenvalue weighted by Crippen LogP contribution is 2.00. The van der Waals surface area contributed by atoms with Crippen molar-refractivity contribution in [1.29, 1.82) is 0 Å². The molecule has 0 radical (unpaired) electrons. The van der Waals surface area contributed by atoms with Crippen LogP contribution in [0.25, 0.3) is 0 Å². The second-order valence-corrected chi connectivity index (χ2v) is 9.69. The molecule has 0 fully saturated rings. The Kier molecular flexibility index (Phi) is 8.78. The summed E-state index contributed by atoms with van der Waals surface area (Å²) in [6.45, 7) is 10.5. The molecule has 0 rings (SSSR count). The molecule has 0 aromatic rings. The van der Waals surface area contributed by atoms with Gasteiger partial charge in [0.25, 0.3) is 0 Å². The van der Waals surface area contributed by atoms with Crippen molar-refractivity contribution in [2.45, 2.75) is 58.2 Å². The molecule has 0 aliphatic carbocycles. The molecule has 0 unspecified atom stereocenters. The molecule has 88 valence electrons. The van der Waals surface area contributed by atoms with Gasteiger partial charge in [-0.1, -0.05) is 25.7 Å². The highest BCUT2D eigenvalue weighted by molar-refractivity contribution is 6.83. The van der Waals surface area contributed by atoms with E-state index >= 15 is 0 Å². The minimum Gasteiger partial charge on any atom is -0.132 e. The van der Waals surface area contributed by atoms with Crippen molar-refractivity contribution in [1.82, 2.24) is 0 Å². The van der Waals surface area contributed by atoms with Gasteiger partial charge in [0.2, 0.25) is 0 Å². The van der Waals surface area contributed by atoms with E-state index in [0.717, 1.165) is 25.7 Å². The van der Waals surface area contributed by atoms with Gasteiger partial charge in [-0.15, -0.1) is 29.9 Å². The maximum absolute atomic E-state index is 3.67. The average molecular weight is 232 g/mol. The Balaban J connectivity index is 3.42. The monoisotopic (exact) mass is 232 g/mol. The fraction of sp³-hybridized carbons (Fsp3) is 0.600. The van der Waals surface area contributed by atoms with Crippen molar-refractivity contribution in [3.63, 3.8) is 0 Å². The van der Waals surface area contributed by atoms with E-state index in [2.05, 4.69) is 49.5 Å². The largest absolute Gasteiger partial charge is 0.132 e. The van der Waals surface area contributed by atoms with Crippen molar-refractivity contribution in [2.75, 3.05) is 0 Å². The van der Waals surface area contributed by atoms with Gasteiger partial charge in [0, 0.05) is 19.3 Å². The van der Waals surface area contributed by atoms with E-state index < -0.39 is 8.07 Å². The summed E-state index contributed by atoms with van der Waals surface area (Å²) in [5.74, 6) is 9.63. The first-order valence-corrected chi connectivity index (χ1v) is 9.63. The Morgan fingerprint density at radius 1 is 0.938 bits per heavy atom. The summed E-state index contributed by atoms with van der Waals surface area (Å²) < 4.78 is 0. The van der Waals surface area contributed by atoms with Gasteiger partial charge < -0.3 is 0 Å². The summed E-state index contributed by atoms with van der Waals surface area (Å²) in [6.07, 6.45) is 8.31. The molecule has 16 heavy (non-hydrogen) atoms. The summed E-state index contributed by atoms with van der Waals surface area (Å²) in [5.41, 5.74) is 3.38. The van der Waals surface area contributed by atoms with Gasteiger partial charge in [0.1, 0.15) is 8.07 Å². The van der Waals surface area contributed by atoms with Crippen LogP contribution in [0.1, 0.15) is 38.5 Å². The lowest BCUT2D eigenvalue weighted by molar-refractivity contribution is 0.782. The van der Waals surface area contributed by atoms with Crippen molar-refractivity contribution < 1.29 is 0 Å². The van der Waals surface area contributed by atoms with Crippen LogP contribution in [-0.2, 0) is 0 Å². The van der Waals surface area contributed by atoms with Gasteiger partial charge in [0.05, 0.1) is 0 Å². The normalized spacial score (nSPS) is 9.69. The lowest BCUT2D eigenvalue weighted by Crippen LogP contribution is -2.16. The lowest BCUT2D eigenvalue weighted by Gasteiger charge is -2.02. The standard InChI is InChI=1S/C15H24Si/c1-5-6-7-8-9-10-11-12-13-14-15-16(2,3)4/h5H,1,6-7,10-13H2,2-4H3. The van der Waals surface area contributed by atoms with Crippen LogP contribution in [0.3, 0.4) is 0 Å². The highest BCUT2D eigenvalue weighted by atomic mass is 28.3. The van der Waals surface area contributed by atoms with Crippen LogP contribution in [0.15, 0.2) is 12.7 Å². The molecule has 0 aromatic carbocycles. The first kappa shape index (κ1) is 15.1. The molecule has 0 aromatic heterocycles. The van der Waals surface area contributed by atoms with E-state index in [9.17, 15) is 0 Å². The molecule has 0 spiro atoms. The summed E-state index contributed by atoms with van der Waals surface area (Å²) in [7, 11) is -1.15. The molecule has 0 saturated heterocycles. The Hall–Kier alpha value is -0.923. The Labute approximate surface area is 103 Å². The molecule has 0 saturated carbocycles. The first-order valence-electron chi connectivity index (χ1n) is 6.13. The first-order chi connectivity index (χ1) is 7.56. The van der Waals surface area contributed by atoms with Gasteiger partial charge in [-0.2, -0.15) is 0 Å². The van der Waals surface area contributed by atoms with Gasteiger partial charge in [-0.05, 0) is 19.3 Å². The molecular weight excluding hydrogens is 208 g/mol. The number of rotatable bonds is 5. The zero-order valence-electron chi connectivity index (χ0n) is 11.0. The minimum absolute atomic E-state index is 0.957. The molecule has 0 aliphatic heterocycles. The third kappa shape index (κ3) is 13.1. The summed E-state index contributed by atoms with van der Waals surface area (Å²) in [6, 6.07) is 0. The van der Waals surface area contributed by atoms with Crippen LogP contribution in [0, 0.1) is 23.3 Å². The van der Waals surface area contributed by atoms with Crippen LogP contribution in [0.5, 0.6) is 0 Å². The smallest absolute Gasteiger partial charge is 0.129 e. The fourth-order valence-corrected chi connectivity index (χ4v) is 1.76. The van der Waals surface area contributed by atoms with Gasteiger partial charge >= 0.3 is 0 Å². The van der Waals surface area contributed by atoms with Crippen molar-refractivity contribution >= 4 is 8.07 Å². The molecular formula is C15H24Si. The third-order valence-corrected chi connectivity index (χ3v) is 2.84. The molecule has 0 atom stereocenters. The molecule has 1 heteroatoms. The summed E-state index contributed by atoms with van der Waals surface area (Å²) in [5, 5.41) is 0. The third-order valence-electron chi connectivity index (χ3n) is 1.92. The number of hydrogen-bond donors (Lipinski definition) is 0. The van der Waals surface area contributed by atoms with E-state index in [-0.39, 0.29) is 0 Å². The molecule has 0 nitrogen and oxygen atoms in total. The van der Waals surface area contributed by atoms with Crippen molar-refractivity contribution in [3.8, 4) is 23.3 Å². The van der Waals surface area contributed by atoms with Crippen LogP contribution in [-0.4, -0.2) is 8.07 Å². The molecule has 0 N–H and O–H groups in total. The second-order valence-electron chi connectivity index (χ2n) is 4.94. The molecule has 0 heterocycles. The van der Waals surface area contributed by atoms with E-state index in [1.54, 1.807) is 0 Å². The quantitative estimate of drug-likeness (QED) is 0.285. The zero-order valence-corrected chi connectivity index (χ0v) is 12.0. The van der Waals surface area contributed by atoms with Crippen LogP contribution >= 0.6 is 0 Å². The van der Waals surface area contributed by atoms with Gasteiger partial charge in [-0.25, -0.2) is 0 Å². The van der Waals surface area contributed by atoms with Crippen LogP contribution in [0.2, 0.25) is 19.6 Å². The highest BCUT2D eigenvalue weighted by Gasteiger charge is 2.06. The summed E-state index contributed by atoms with van der Waals surface area (Å²) in [4.78, 5) is 0. The fourth-order valence-electron chi connectivity index (χ4n) is 1.11. The van der Waals surface area contributed by atoms with Crippen molar-refractivity contribution in [2.24, 2.45) is 0 Å². The Morgan fingerprint density at radius 2 is 1.50 bits per heavy atom. The second kappa shape index (κ2) is 9.31. The SMILES string of the molecule is C=CCCC#CCCCCC#C[Si](C)(C)C. The topological polar surface area (TPSA) is 0 Å². The summed E-state index contributed by atoms with van der Waals surface area (Å²) >= 11 is 0. The number of hydrogen-bond acceptors (Lipinski definition) is 0. The Bertz CT molecular complexity index is 298. The van der Waals surface area contributed by atoms with E-state index in [0.29, 0.717) is 0 Å². The van der Waals surface area contributed by atoms with Gasteiger partial charge in [0.15, 0.2) is 0 Å². The van der Waals surface area contributed by atoms with E-state index in [4.69, 9.17) is 0 Å². The number of allylic oxidation sites excluding steroid dienone is 1. The predicted octanol–water partition coefficient (Wildman–Crippen LogP) is 4.40. The Morgan fingerprint density at radius 3 is 2.06 bits per heavy atom. The minimum atomic E-state index is -1.15.